The van der Waals surface area contributed by atoms with Gasteiger partial charge in [-0.05, 0) is 41.1 Å². The summed E-state index contributed by atoms with van der Waals surface area (Å²) in [5, 5.41) is 20.2. The molecule has 0 aliphatic heterocycles. The molecule has 1 aromatic heterocycles. The van der Waals surface area contributed by atoms with Crippen molar-refractivity contribution < 1.29 is 9.90 Å². The average Bonchev–Trinajstić information content (AvgIpc) is 2.78. The van der Waals surface area contributed by atoms with Crippen molar-refractivity contribution in [1.29, 1.82) is 0 Å². The van der Waals surface area contributed by atoms with E-state index in [4.69, 9.17) is 5.11 Å². The van der Waals surface area contributed by atoms with Gasteiger partial charge in [0.15, 0.2) is 5.82 Å². The van der Waals surface area contributed by atoms with Crippen LogP contribution in [0, 0.1) is 0 Å². The lowest BCUT2D eigenvalue weighted by Gasteiger charge is -2.03. The first-order valence-corrected chi connectivity index (χ1v) is 5.33. The minimum Gasteiger partial charge on any atom is -0.478 e. The molecule has 0 atom stereocenters. The lowest BCUT2D eigenvalue weighted by Crippen LogP contribution is -2.04. The summed E-state index contributed by atoms with van der Waals surface area (Å²) in [6, 6.07) is 6.46. The Bertz CT molecular complexity index is 519. The Morgan fingerprint density at radius 3 is 2.65 bits per heavy atom. The van der Waals surface area contributed by atoms with Crippen molar-refractivity contribution in [2.75, 3.05) is 0 Å². The lowest BCUT2D eigenvalue weighted by molar-refractivity contribution is 0.0697. The average molecular weight is 232 g/mol. The fourth-order valence-electron chi connectivity index (χ4n) is 1.53. The number of carboxylic acid groups (broad SMARTS) is 1. The van der Waals surface area contributed by atoms with E-state index in [1.165, 1.54) is 12.1 Å². The molecule has 88 valence electrons. The molecule has 0 fully saturated rings. The van der Waals surface area contributed by atoms with Crippen LogP contribution in [0.4, 0.5) is 0 Å². The van der Waals surface area contributed by atoms with Crippen LogP contribution in [0.5, 0.6) is 0 Å². The van der Waals surface area contributed by atoms with Gasteiger partial charge in [-0.15, -0.1) is 5.10 Å². The standard InChI is InChI=1S/C11H12N4O2/c1-2-3-10-12-13-14-15(10)9-6-4-8(5-7-9)11(16)17/h4-7H,2-3H2,1H3,(H,16,17). The quantitative estimate of drug-likeness (QED) is 0.859. The SMILES string of the molecule is CCCc1nnnn1-c1ccc(C(=O)O)cc1. The molecule has 0 spiro atoms. The number of rotatable bonds is 4. The van der Waals surface area contributed by atoms with Gasteiger partial charge in [-0.1, -0.05) is 6.92 Å². The third-order valence-corrected chi connectivity index (χ3v) is 2.37. The summed E-state index contributed by atoms with van der Waals surface area (Å²) >= 11 is 0. The maximum Gasteiger partial charge on any atom is 0.335 e. The molecule has 2 rings (SSSR count). The van der Waals surface area contributed by atoms with E-state index in [9.17, 15) is 4.79 Å². The minimum atomic E-state index is -0.943. The second kappa shape index (κ2) is 4.73. The maximum atomic E-state index is 10.7. The van der Waals surface area contributed by atoms with E-state index in [0.29, 0.717) is 0 Å². The Kier molecular flexibility index (Phi) is 3.13. The highest BCUT2D eigenvalue weighted by Crippen LogP contribution is 2.10. The van der Waals surface area contributed by atoms with Crippen molar-refractivity contribution in [3.05, 3.63) is 35.7 Å². The first-order chi connectivity index (χ1) is 8.22. The number of aromatic nitrogens is 4. The highest BCUT2D eigenvalue weighted by molar-refractivity contribution is 5.87. The van der Waals surface area contributed by atoms with Gasteiger partial charge in [0, 0.05) is 6.42 Å². The van der Waals surface area contributed by atoms with Crippen molar-refractivity contribution in [2.24, 2.45) is 0 Å². The fraction of sp³-hybridized carbons (Fsp3) is 0.273. The number of carboxylic acids is 1. The second-order valence-electron chi connectivity index (χ2n) is 3.61. The molecule has 1 aromatic carbocycles. The van der Waals surface area contributed by atoms with Crippen LogP contribution >= 0.6 is 0 Å². The topological polar surface area (TPSA) is 80.9 Å². The number of hydrogen-bond donors (Lipinski definition) is 1. The molecule has 0 unspecified atom stereocenters. The van der Waals surface area contributed by atoms with E-state index < -0.39 is 5.97 Å². The molecule has 1 N–H and O–H groups in total. The van der Waals surface area contributed by atoms with Gasteiger partial charge in [0.2, 0.25) is 0 Å². The Balaban J connectivity index is 2.33. The van der Waals surface area contributed by atoms with Crippen LogP contribution in [-0.4, -0.2) is 31.3 Å². The van der Waals surface area contributed by atoms with Crippen molar-refractivity contribution in [2.45, 2.75) is 19.8 Å². The van der Waals surface area contributed by atoms with Crippen molar-refractivity contribution in [1.82, 2.24) is 20.2 Å². The van der Waals surface area contributed by atoms with Crippen LogP contribution < -0.4 is 0 Å². The van der Waals surface area contributed by atoms with Crippen LogP contribution in [0.15, 0.2) is 24.3 Å². The number of nitrogens with zero attached hydrogens (tertiary/aromatic N) is 4. The fourth-order valence-corrected chi connectivity index (χ4v) is 1.53. The Morgan fingerprint density at radius 2 is 2.06 bits per heavy atom. The predicted molar refractivity (Wildman–Crippen MR) is 60.1 cm³/mol. The monoisotopic (exact) mass is 232 g/mol. The third kappa shape index (κ3) is 2.30. The van der Waals surface area contributed by atoms with Gasteiger partial charge in [-0.2, -0.15) is 4.68 Å². The molecule has 0 radical (unpaired) electrons. The summed E-state index contributed by atoms with van der Waals surface area (Å²) in [6.45, 7) is 2.05. The number of carbonyl (C=O) groups is 1. The molecule has 0 amide bonds. The van der Waals surface area contributed by atoms with Crippen LogP contribution in [0.3, 0.4) is 0 Å². The molecule has 1 heterocycles. The summed E-state index contributed by atoms with van der Waals surface area (Å²) in [6.07, 6.45) is 1.74. The highest BCUT2D eigenvalue weighted by Gasteiger charge is 2.08. The molecular formula is C11H12N4O2. The summed E-state index contributed by atoms with van der Waals surface area (Å²) < 4.78 is 1.62. The second-order valence-corrected chi connectivity index (χ2v) is 3.61. The van der Waals surface area contributed by atoms with Crippen LogP contribution in [0.1, 0.15) is 29.5 Å². The molecule has 2 aromatic rings. The van der Waals surface area contributed by atoms with Crippen LogP contribution in [0.25, 0.3) is 5.69 Å². The third-order valence-electron chi connectivity index (χ3n) is 2.37. The normalized spacial score (nSPS) is 10.4. The van der Waals surface area contributed by atoms with Gasteiger partial charge in [0.1, 0.15) is 0 Å². The van der Waals surface area contributed by atoms with Crippen molar-refractivity contribution >= 4 is 5.97 Å². The van der Waals surface area contributed by atoms with Gasteiger partial charge in [0.25, 0.3) is 0 Å². The molecule has 0 aliphatic carbocycles. The van der Waals surface area contributed by atoms with Gasteiger partial charge in [0.05, 0.1) is 11.3 Å². The molecular weight excluding hydrogens is 220 g/mol. The van der Waals surface area contributed by atoms with E-state index in [2.05, 4.69) is 15.5 Å². The van der Waals surface area contributed by atoms with Crippen LogP contribution in [0.2, 0.25) is 0 Å². The van der Waals surface area contributed by atoms with Crippen molar-refractivity contribution in [3.8, 4) is 5.69 Å². The van der Waals surface area contributed by atoms with E-state index in [-0.39, 0.29) is 5.56 Å². The Labute approximate surface area is 97.9 Å². The smallest absolute Gasteiger partial charge is 0.335 e. The Hall–Kier alpha value is -2.24. The number of hydrogen-bond acceptors (Lipinski definition) is 4. The summed E-state index contributed by atoms with van der Waals surface area (Å²) in [5.41, 5.74) is 1.02. The van der Waals surface area contributed by atoms with Gasteiger partial charge >= 0.3 is 5.97 Å². The molecule has 17 heavy (non-hydrogen) atoms. The summed E-state index contributed by atoms with van der Waals surface area (Å²) in [5.74, 6) is -0.169. The largest absolute Gasteiger partial charge is 0.478 e. The zero-order valence-electron chi connectivity index (χ0n) is 9.37. The molecule has 0 saturated carbocycles. The lowest BCUT2D eigenvalue weighted by atomic mass is 10.2. The first kappa shape index (κ1) is 11.3. The zero-order chi connectivity index (χ0) is 12.3. The molecule has 6 nitrogen and oxygen atoms in total. The van der Waals surface area contributed by atoms with Crippen molar-refractivity contribution in [3.63, 3.8) is 0 Å². The first-order valence-electron chi connectivity index (χ1n) is 5.33. The zero-order valence-corrected chi connectivity index (χ0v) is 9.37. The number of benzene rings is 1. The summed E-state index contributed by atoms with van der Waals surface area (Å²) in [4.78, 5) is 10.7. The summed E-state index contributed by atoms with van der Waals surface area (Å²) in [7, 11) is 0. The van der Waals surface area contributed by atoms with Crippen LogP contribution in [-0.2, 0) is 6.42 Å². The van der Waals surface area contributed by atoms with E-state index in [1.807, 2.05) is 6.92 Å². The van der Waals surface area contributed by atoms with Gasteiger partial charge in [-0.3, -0.25) is 0 Å². The maximum absolute atomic E-state index is 10.7. The number of tetrazole rings is 1. The van der Waals surface area contributed by atoms with Gasteiger partial charge in [-0.25, -0.2) is 4.79 Å². The Morgan fingerprint density at radius 1 is 1.35 bits per heavy atom. The predicted octanol–water partition coefficient (Wildman–Crippen LogP) is 1.31. The number of aryl methyl sites for hydroxylation is 1. The number of aromatic carboxylic acids is 1. The molecule has 0 aliphatic rings. The van der Waals surface area contributed by atoms with Gasteiger partial charge < -0.3 is 5.11 Å². The van der Waals surface area contributed by atoms with E-state index >= 15 is 0 Å². The van der Waals surface area contributed by atoms with E-state index in [0.717, 1.165) is 24.4 Å². The molecule has 0 bridgehead atoms. The molecule has 0 saturated heterocycles. The highest BCUT2D eigenvalue weighted by atomic mass is 16.4. The minimum absolute atomic E-state index is 0.249. The molecule has 6 heteroatoms. The van der Waals surface area contributed by atoms with E-state index in [1.54, 1.807) is 16.8 Å².